The summed E-state index contributed by atoms with van der Waals surface area (Å²) in [6.07, 6.45) is 1.45. The van der Waals surface area contributed by atoms with E-state index in [1.165, 1.54) is 11.1 Å². The Balaban J connectivity index is 1.63. The van der Waals surface area contributed by atoms with Crippen LogP contribution in [0.4, 0.5) is 5.69 Å². The summed E-state index contributed by atoms with van der Waals surface area (Å²) in [4.78, 5) is 13.5. The number of anilines is 1. The van der Waals surface area contributed by atoms with Crippen LogP contribution in [-0.2, 0) is 0 Å². The van der Waals surface area contributed by atoms with Crippen molar-refractivity contribution in [3.05, 3.63) is 71.6 Å². The van der Waals surface area contributed by atoms with Gasteiger partial charge in [0.25, 0.3) is 5.91 Å². The fourth-order valence-corrected chi connectivity index (χ4v) is 2.41. The number of hydrogen-bond acceptors (Lipinski definition) is 4. The summed E-state index contributed by atoms with van der Waals surface area (Å²) in [7, 11) is 0. The molecule has 118 valence electrons. The van der Waals surface area contributed by atoms with Gasteiger partial charge >= 0.3 is 0 Å². The summed E-state index contributed by atoms with van der Waals surface area (Å²) >= 11 is 5.89. The molecule has 4 aromatic rings. The maximum Gasteiger partial charge on any atom is 0.291 e. The number of fused-ring (bicyclic) bond motifs is 1. The smallest absolute Gasteiger partial charge is 0.291 e. The SMILES string of the molecule is O=C(Nc1ccc2nn(-c3ccc(Cl)cc3)nc2c1)c1ccco1. The molecule has 0 radical (unpaired) electrons. The molecule has 0 fully saturated rings. The molecule has 0 aliphatic carbocycles. The first-order valence-corrected chi connectivity index (χ1v) is 7.55. The molecule has 4 rings (SSSR count). The number of benzene rings is 2. The van der Waals surface area contributed by atoms with E-state index in [0.29, 0.717) is 16.2 Å². The maximum atomic E-state index is 12.0. The minimum absolute atomic E-state index is 0.250. The number of amides is 1. The maximum absolute atomic E-state index is 12.0. The van der Waals surface area contributed by atoms with Crippen molar-refractivity contribution in [1.82, 2.24) is 15.0 Å². The second-order valence-corrected chi connectivity index (χ2v) is 5.54. The van der Waals surface area contributed by atoms with Crippen LogP contribution in [-0.4, -0.2) is 20.9 Å². The van der Waals surface area contributed by atoms with E-state index in [1.54, 1.807) is 42.5 Å². The van der Waals surface area contributed by atoms with Gasteiger partial charge in [0.1, 0.15) is 11.0 Å². The van der Waals surface area contributed by atoms with Crippen LogP contribution in [0.25, 0.3) is 16.7 Å². The van der Waals surface area contributed by atoms with Crippen molar-refractivity contribution in [2.24, 2.45) is 0 Å². The van der Waals surface area contributed by atoms with Gasteiger partial charge in [0.05, 0.1) is 12.0 Å². The van der Waals surface area contributed by atoms with Gasteiger partial charge < -0.3 is 9.73 Å². The largest absolute Gasteiger partial charge is 0.459 e. The molecule has 0 saturated heterocycles. The van der Waals surface area contributed by atoms with E-state index in [1.807, 2.05) is 12.1 Å². The highest BCUT2D eigenvalue weighted by molar-refractivity contribution is 6.30. The molecule has 6 nitrogen and oxygen atoms in total. The normalized spacial score (nSPS) is 10.9. The van der Waals surface area contributed by atoms with Crippen LogP contribution < -0.4 is 5.32 Å². The van der Waals surface area contributed by atoms with Crippen molar-refractivity contribution in [2.75, 3.05) is 5.32 Å². The van der Waals surface area contributed by atoms with Gasteiger partial charge in [-0.1, -0.05) is 11.6 Å². The van der Waals surface area contributed by atoms with E-state index in [4.69, 9.17) is 16.0 Å². The van der Waals surface area contributed by atoms with E-state index in [9.17, 15) is 4.79 Å². The van der Waals surface area contributed by atoms with Crippen molar-refractivity contribution in [2.45, 2.75) is 0 Å². The molecule has 2 heterocycles. The van der Waals surface area contributed by atoms with Crippen LogP contribution in [0.1, 0.15) is 10.6 Å². The zero-order valence-electron chi connectivity index (χ0n) is 12.3. The third kappa shape index (κ3) is 2.75. The second kappa shape index (κ2) is 5.82. The van der Waals surface area contributed by atoms with Crippen LogP contribution in [0.3, 0.4) is 0 Å². The van der Waals surface area contributed by atoms with Crippen LogP contribution in [0.5, 0.6) is 0 Å². The van der Waals surface area contributed by atoms with Gasteiger partial charge in [0, 0.05) is 10.7 Å². The standard InChI is InChI=1S/C17H11ClN4O2/c18-11-3-6-13(7-4-11)22-20-14-8-5-12(10-15(14)21-22)19-17(23)16-2-1-9-24-16/h1-10H,(H,19,23). The van der Waals surface area contributed by atoms with Gasteiger partial charge in [-0.05, 0) is 54.6 Å². The summed E-state index contributed by atoms with van der Waals surface area (Å²) < 4.78 is 5.07. The molecule has 0 aliphatic rings. The van der Waals surface area contributed by atoms with E-state index in [-0.39, 0.29) is 11.7 Å². The monoisotopic (exact) mass is 338 g/mol. The Morgan fingerprint density at radius 1 is 1.04 bits per heavy atom. The molecule has 24 heavy (non-hydrogen) atoms. The lowest BCUT2D eigenvalue weighted by Gasteiger charge is -2.01. The number of furan rings is 1. The molecule has 0 atom stereocenters. The number of carbonyl (C=O) groups excluding carboxylic acids is 1. The van der Waals surface area contributed by atoms with E-state index in [0.717, 1.165) is 11.2 Å². The van der Waals surface area contributed by atoms with Gasteiger partial charge in [-0.25, -0.2) is 0 Å². The van der Waals surface area contributed by atoms with E-state index >= 15 is 0 Å². The molecule has 7 heteroatoms. The molecule has 2 aromatic carbocycles. The van der Waals surface area contributed by atoms with Crippen molar-refractivity contribution in [3.63, 3.8) is 0 Å². The number of rotatable bonds is 3. The Labute approximate surface area is 141 Å². The molecule has 0 aliphatic heterocycles. The predicted molar refractivity (Wildman–Crippen MR) is 90.5 cm³/mol. The molecular weight excluding hydrogens is 328 g/mol. The molecule has 0 bridgehead atoms. The average Bonchev–Trinajstić information content (AvgIpc) is 3.24. The molecule has 0 unspecified atom stereocenters. The van der Waals surface area contributed by atoms with Crippen molar-refractivity contribution >= 4 is 34.2 Å². The number of carbonyl (C=O) groups is 1. The topological polar surface area (TPSA) is 73.0 Å². The summed E-state index contributed by atoms with van der Waals surface area (Å²) in [5.41, 5.74) is 2.81. The summed E-state index contributed by atoms with van der Waals surface area (Å²) in [5, 5.41) is 12.3. The number of aromatic nitrogens is 3. The lowest BCUT2D eigenvalue weighted by atomic mass is 10.2. The lowest BCUT2D eigenvalue weighted by Crippen LogP contribution is -2.10. The zero-order valence-corrected chi connectivity index (χ0v) is 13.1. The number of nitrogens with zero attached hydrogens (tertiary/aromatic N) is 3. The van der Waals surface area contributed by atoms with Gasteiger partial charge in [-0.3, -0.25) is 4.79 Å². The fraction of sp³-hybridized carbons (Fsp3) is 0. The third-order valence-corrected chi connectivity index (χ3v) is 3.69. The van der Waals surface area contributed by atoms with Gasteiger partial charge in [0.2, 0.25) is 0 Å². The van der Waals surface area contributed by atoms with Crippen LogP contribution in [0.2, 0.25) is 5.02 Å². The van der Waals surface area contributed by atoms with E-state index in [2.05, 4.69) is 15.5 Å². The Bertz CT molecular complexity index is 1010. The highest BCUT2D eigenvalue weighted by atomic mass is 35.5. The first-order valence-electron chi connectivity index (χ1n) is 7.17. The van der Waals surface area contributed by atoms with Crippen LogP contribution in [0, 0.1) is 0 Å². The third-order valence-electron chi connectivity index (χ3n) is 3.44. The summed E-state index contributed by atoms with van der Waals surface area (Å²) in [6, 6.07) is 15.8. The predicted octanol–water partition coefficient (Wildman–Crippen LogP) is 3.92. The summed E-state index contributed by atoms with van der Waals surface area (Å²) in [5.74, 6) is -0.0654. The molecule has 1 N–H and O–H groups in total. The van der Waals surface area contributed by atoms with Gasteiger partial charge in [-0.2, -0.15) is 4.80 Å². The van der Waals surface area contributed by atoms with Gasteiger partial charge in [0.15, 0.2) is 5.76 Å². The second-order valence-electron chi connectivity index (χ2n) is 5.10. The minimum Gasteiger partial charge on any atom is -0.459 e. The molecule has 0 saturated carbocycles. The molecular formula is C17H11ClN4O2. The molecule has 1 amide bonds. The highest BCUT2D eigenvalue weighted by Crippen LogP contribution is 2.19. The first-order chi connectivity index (χ1) is 11.7. The quantitative estimate of drug-likeness (QED) is 0.614. The Morgan fingerprint density at radius 2 is 1.83 bits per heavy atom. The lowest BCUT2D eigenvalue weighted by molar-refractivity contribution is 0.0996. The minimum atomic E-state index is -0.315. The number of nitrogens with one attached hydrogen (secondary N) is 1. The Kier molecular flexibility index (Phi) is 3.51. The summed E-state index contributed by atoms with van der Waals surface area (Å²) in [6.45, 7) is 0. The van der Waals surface area contributed by atoms with Crippen molar-refractivity contribution in [3.8, 4) is 5.69 Å². The Hall–Kier alpha value is -3.12. The van der Waals surface area contributed by atoms with Crippen molar-refractivity contribution in [1.29, 1.82) is 0 Å². The number of hydrogen-bond donors (Lipinski definition) is 1. The zero-order chi connectivity index (χ0) is 16.5. The highest BCUT2D eigenvalue weighted by Gasteiger charge is 2.10. The van der Waals surface area contributed by atoms with Crippen LogP contribution in [0.15, 0.2) is 65.3 Å². The first kappa shape index (κ1) is 14.5. The van der Waals surface area contributed by atoms with E-state index < -0.39 is 0 Å². The number of halogens is 1. The van der Waals surface area contributed by atoms with Gasteiger partial charge in [-0.15, -0.1) is 10.2 Å². The fourth-order valence-electron chi connectivity index (χ4n) is 2.28. The van der Waals surface area contributed by atoms with Crippen molar-refractivity contribution < 1.29 is 9.21 Å². The average molecular weight is 339 g/mol. The Morgan fingerprint density at radius 3 is 2.58 bits per heavy atom. The molecule has 2 aromatic heterocycles. The molecule has 0 spiro atoms. The van der Waals surface area contributed by atoms with Crippen LogP contribution >= 0.6 is 11.6 Å².